The van der Waals surface area contributed by atoms with E-state index in [0.717, 1.165) is 23.1 Å². The lowest BCUT2D eigenvalue weighted by molar-refractivity contribution is -0.254. The highest BCUT2D eigenvalue weighted by atomic mass is 35.5. The number of aliphatic hydroxyl groups is 1. The molecule has 0 spiro atoms. The van der Waals surface area contributed by atoms with Gasteiger partial charge in [0.2, 0.25) is 0 Å². The first-order valence-corrected chi connectivity index (χ1v) is 14.6. The Labute approximate surface area is 260 Å². The number of halogens is 1. The van der Waals surface area contributed by atoms with E-state index in [4.69, 9.17) is 35.3 Å². The Bertz CT molecular complexity index is 1450. The van der Waals surface area contributed by atoms with Crippen LogP contribution >= 0.6 is 11.6 Å². The van der Waals surface area contributed by atoms with Crippen molar-refractivity contribution in [2.45, 2.75) is 89.5 Å². The highest BCUT2D eigenvalue weighted by molar-refractivity contribution is 6.31. The van der Waals surface area contributed by atoms with Crippen molar-refractivity contribution in [3.63, 3.8) is 0 Å². The summed E-state index contributed by atoms with van der Waals surface area (Å²) in [7, 11) is 0. The van der Waals surface area contributed by atoms with E-state index >= 15 is 0 Å². The Kier molecular flexibility index (Phi) is 10.7. The van der Waals surface area contributed by atoms with Crippen molar-refractivity contribution in [1.82, 2.24) is 0 Å². The minimum atomic E-state index is -1.27. The first kappa shape index (κ1) is 33.0. The number of ether oxygens (including phenoxy) is 5. The zero-order valence-electron chi connectivity index (χ0n) is 25.0. The van der Waals surface area contributed by atoms with E-state index in [1.807, 2.05) is 24.3 Å². The van der Waals surface area contributed by atoms with Crippen molar-refractivity contribution < 1.29 is 48.0 Å². The number of carbonyl (C=O) groups is 4. The first-order valence-electron chi connectivity index (χ1n) is 14.3. The van der Waals surface area contributed by atoms with E-state index in [9.17, 15) is 24.3 Å². The molecule has 4 rings (SSSR count). The van der Waals surface area contributed by atoms with Gasteiger partial charge in [-0.25, -0.2) is 0 Å². The van der Waals surface area contributed by atoms with Gasteiger partial charge in [-0.3, -0.25) is 19.2 Å². The highest BCUT2D eigenvalue weighted by Crippen LogP contribution is 2.39. The Hall–Kier alpha value is -3.91. The second kappa shape index (κ2) is 14.2. The first-order chi connectivity index (χ1) is 20.8. The summed E-state index contributed by atoms with van der Waals surface area (Å²) in [6.07, 6.45) is -3.01. The van der Waals surface area contributed by atoms with Gasteiger partial charge in [-0.15, -0.1) is 0 Å². The average Bonchev–Trinajstić information content (AvgIpc) is 2.93. The molecule has 0 amide bonds. The van der Waals surface area contributed by atoms with Crippen LogP contribution in [-0.4, -0.2) is 65.6 Å². The maximum atomic E-state index is 12.2. The van der Waals surface area contributed by atoms with Gasteiger partial charge in [-0.1, -0.05) is 47.7 Å². The van der Waals surface area contributed by atoms with Gasteiger partial charge in [0.05, 0.1) is 0 Å². The Morgan fingerprint density at radius 2 is 1.50 bits per heavy atom. The van der Waals surface area contributed by atoms with E-state index in [2.05, 4.69) is 11.8 Å². The minimum Gasteiger partial charge on any atom is -0.463 e. The molecule has 2 aliphatic rings. The third kappa shape index (κ3) is 8.59. The maximum absolute atomic E-state index is 12.2. The SMILES string of the molecule is CC(=O)OC[C@H]1O[C@@H](c2ccc(Cl)c(Cc3ccc(C#CC4(O)CCC4)cc3)c2)[C@H](OC(C)=O)C(OC(C)=O)[C@@H]1OC(C)=O. The fourth-order valence-corrected chi connectivity index (χ4v) is 5.34. The highest BCUT2D eigenvalue weighted by Gasteiger charge is 2.52. The molecule has 1 aliphatic heterocycles. The predicted octanol–water partition coefficient (Wildman–Crippen LogP) is 4.00. The molecule has 1 N–H and O–H groups in total. The molecule has 1 unspecified atom stereocenters. The number of esters is 4. The summed E-state index contributed by atoms with van der Waals surface area (Å²) in [5, 5.41) is 10.7. The van der Waals surface area contributed by atoms with Crippen LogP contribution in [0.4, 0.5) is 0 Å². The number of carbonyl (C=O) groups excluding carboxylic acids is 4. The molecule has 0 aromatic heterocycles. The molecule has 10 nitrogen and oxygen atoms in total. The molecule has 11 heteroatoms. The van der Waals surface area contributed by atoms with Crippen LogP contribution in [0.5, 0.6) is 0 Å². The van der Waals surface area contributed by atoms with Crippen LogP contribution in [0.25, 0.3) is 0 Å². The van der Waals surface area contributed by atoms with Crippen molar-refractivity contribution in [3.05, 3.63) is 69.7 Å². The zero-order valence-corrected chi connectivity index (χ0v) is 25.7. The molecular formula is C33H35ClO10. The smallest absolute Gasteiger partial charge is 0.303 e. The van der Waals surface area contributed by atoms with Crippen LogP contribution < -0.4 is 0 Å². The predicted molar refractivity (Wildman–Crippen MR) is 157 cm³/mol. The maximum Gasteiger partial charge on any atom is 0.303 e. The van der Waals surface area contributed by atoms with Gasteiger partial charge in [0, 0.05) is 38.3 Å². The van der Waals surface area contributed by atoms with Gasteiger partial charge in [0.15, 0.2) is 18.3 Å². The second-order valence-electron chi connectivity index (χ2n) is 11.0. The molecule has 1 aliphatic carbocycles. The third-order valence-electron chi connectivity index (χ3n) is 7.36. The molecule has 1 saturated carbocycles. The fourth-order valence-electron chi connectivity index (χ4n) is 5.15. The van der Waals surface area contributed by atoms with E-state index in [0.29, 0.717) is 29.8 Å². The molecule has 2 aromatic carbocycles. The van der Waals surface area contributed by atoms with Gasteiger partial charge >= 0.3 is 23.9 Å². The molecule has 5 atom stereocenters. The standard InChI is InChI=1S/C33H35ClO10/c1-19(35)40-18-28-30(41-20(2)36)32(43-22(4)38)31(42-21(3)37)29(44-28)25-10-11-27(34)26(17-25)16-24-8-6-23(7-9-24)12-15-33(39)13-5-14-33/h6-11,17,28-32,39H,5,13-14,16,18H2,1-4H3/t28-,29+,30-,31+,32?/m1/s1. The van der Waals surface area contributed by atoms with E-state index in [1.54, 1.807) is 18.2 Å². The Morgan fingerprint density at radius 3 is 2.07 bits per heavy atom. The molecular weight excluding hydrogens is 592 g/mol. The van der Waals surface area contributed by atoms with Crippen LogP contribution in [0, 0.1) is 11.8 Å². The van der Waals surface area contributed by atoms with Crippen LogP contribution in [0.3, 0.4) is 0 Å². The monoisotopic (exact) mass is 626 g/mol. The van der Waals surface area contributed by atoms with Gasteiger partial charge in [-0.05, 0) is 60.6 Å². The fraction of sp³-hybridized carbons (Fsp3) is 0.455. The number of hydrogen-bond acceptors (Lipinski definition) is 10. The Morgan fingerprint density at radius 1 is 0.886 bits per heavy atom. The van der Waals surface area contributed by atoms with Crippen LogP contribution in [0.1, 0.15) is 75.3 Å². The lowest BCUT2D eigenvalue weighted by atomic mass is 9.81. The minimum absolute atomic E-state index is 0.318. The summed E-state index contributed by atoms with van der Waals surface area (Å²) in [4.78, 5) is 48.0. The third-order valence-corrected chi connectivity index (χ3v) is 7.73. The molecule has 1 saturated heterocycles. The topological polar surface area (TPSA) is 135 Å². The van der Waals surface area contributed by atoms with Crippen molar-refractivity contribution in [2.24, 2.45) is 0 Å². The lowest BCUT2D eigenvalue weighted by Gasteiger charge is -2.44. The summed E-state index contributed by atoms with van der Waals surface area (Å²) in [6.45, 7) is 4.44. The second-order valence-corrected chi connectivity index (χ2v) is 11.4. The van der Waals surface area contributed by atoms with Crippen molar-refractivity contribution in [3.8, 4) is 11.8 Å². The lowest BCUT2D eigenvalue weighted by Crippen LogP contribution is -2.59. The molecule has 0 radical (unpaired) electrons. The zero-order chi connectivity index (χ0) is 32.0. The normalized spacial score (nSPS) is 23.6. The van der Waals surface area contributed by atoms with Gasteiger partial charge in [0.1, 0.15) is 24.4 Å². The van der Waals surface area contributed by atoms with Crippen molar-refractivity contribution >= 4 is 35.5 Å². The van der Waals surface area contributed by atoms with Gasteiger partial charge < -0.3 is 28.8 Å². The van der Waals surface area contributed by atoms with Crippen LogP contribution in [-0.2, 0) is 49.3 Å². The number of benzene rings is 2. The average molecular weight is 627 g/mol. The van der Waals surface area contributed by atoms with E-state index in [-0.39, 0.29) is 6.61 Å². The van der Waals surface area contributed by atoms with Gasteiger partial charge in [0.25, 0.3) is 0 Å². The molecule has 2 aromatic rings. The molecule has 2 fully saturated rings. The number of rotatable bonds is 8. The summed E-state index contributed by atoms with van der Waals surface area (Å²) in [5.41, 5.74) is 2.12. The summed E-state index contributed by atoms with van der Waals surface area (Å²) < 4.78 is 28.1. The molecule has 0 bridgehead atoms. The molecule has 1 heterocycles. The van der Waals surface area contributed by atoms with E-state index < -0.39 is 60.0 Å². The van der Waals surface area contributed by atoms with Crippen LogP contribution in [0.15, 0.2) is 42.5 Å². The Balaban J connectivity index is 1.66. The number of hydrogen-bond donors (Lipinski definition) is 1. The van der Waals surface area contributed by atoms with Gasteiger partial charge in [-0.2, -0.15) is 0 Å². The summed E-state index contributed by atoms with van der Waals surface area (Å²) >= 11 is 6.59. The molecule has 44 heavy (non-hydrogen) atoms. The van der Waals surface area contributed by atoms with E-state index in [1.165, 1.54) is 27.7 Å². The largest absolute Gasteiger partial charge is 0.463 e. The van der Waals surface area contributed by atoms with Crippen molar-refractivity contribution in [2.75, 3.05) is 6.61 Å². The molecule has 234 valence electrons. The van der Waals surface area contributed by atoms with Crippen LogP contribution in [0.2, 0.25) is 5.02 Å². The summed E-state index contributed by atoms with van der Waals surface area (Å²) in [5.74, 6) is 3.30. The quantitative estimate of drug-likeness (QED) is 0.260. The summed E-state index contributed by atoms with van der Waals surface area (Å²) in [6, 6.07) is 12.8. The van der Waals surface area contributed by atoms with Crippen molar-refractivity contribution in [1.29, 1.82) is 0 Å².